The fraction of sp³-hybridized carbons (Fsp3) is 0.417. The van der Waals surface area contributed by atoms with Gasteiger partial charge in [-0.25, -0.2) is 9.97 Å². The molecule has 0 saturated carbocycles. The van der Waals surface area contributed by atoms with E-state index in [0.717, 1.165) is 41.9 Å². The average molecular weight is 230 g/mol. The summed E-state index contributed by atoms with van der Waals surface area (Å²) < 4.78 is 1.46. The minimum absolute atomic E-state index is 0.00231. The van der Waals surface area contributed by atoms with Gasteiger partial charge in [-0.05, 0) is 39.2 Å². The minimum atomic E-state index is 0.00231. The second-order valence-electron chi connectivity index (χ2n) is 4.51. The molecule has 5 heteroatoms. The van der Waals surface area contributed by atoms with E-state index in [4.69, 9.17) is 0 Å². The smallest absolute Gasteiger partial charge is 0.277 e. The van der Waals surface area contributed by atoms with Gasteiger partial charge in [-0.3, -0.25) is 9.89 Å². The summed E-state index contributed by atoms with van der Waals surface area (Å²) in [5, 5.41) is 3.11. The molecule has 88 valence electrons. The molecule has 1 aliphatic carbocycles. The first-order chi connectivity index (χ1) is 8.15. The van der Waals surface area contributed by atoms with Crippen LogP contribution in [0.3, 0.4) is 0 Å². The lowest BCUT2D eigenvalue weighted by molar-refractivity contribution is 0.734. The van der Waals surface area contributed by atoms with Crippen LogP contribution in [0.5, 0.6) is 0 Å². The number of rotatable bonds is 1. The van der Waals surface area contributed by atoms with Gasteiger partial charge < -0.3 is 0 Å². The lowest BCUT2D eigenvalue weighted by atomic mass is 10.3. The van der Waals surface area contributed by atoms with E-state index in [-0.39, 0.29) is 5.56 Å². The molecular weight excluding hydrogens is 216 g/mol. The Morgan fingerprint density at radius 1 is 1.24 bits per heavy atom. The van der Waals surface area contributed by atoms with E-state index in [0.29, 0.717) is 5.95 Å². The molecular formula is C12H14N4O. The number of fused-ring (bicyclic) bond motifs is 1. The van der Waals surface area contributed by atoms with E-state index < -0.39 is 0 Å². The first kappa shape index (κ1) is 10.3. The number of nitrogens with one attached hydrogen (secondary N) is 1. The van der Waals surface area contributed by atoms with Gasteiger partial charge in [-0.15, -0.1) is 0 Å². The number of H-pyrrole nitrogens is 1. The van der Waals surface area contributed by atoms with E-state index >= 15 is 0 Å². The number of aryl methyl sites for hydroxylation is 3. The lowest BCUT2D eigenvalue weighted by Gasteiger charge is -2.03. The Hall–Kier alpha value is -1.91. The van der Waals surface area contributed by atoms with Crippen LogP contribution in [0.2, 0.25) is 0 Å². The number of nitrogens with zero attached hydrogens (tertiary/aromatic N) is 3. The van der Waals surface area contributed by atoms with Gasteiger partial charge in [0, 0.05) is 22.6 Å². The third-order valence-electron chi connectivity index (χ3n) is 3.10. The Balaban J connectivity index is 2.19. The van der Waals surface area contributed by atoms with Gasteiger partial charge in [-0.1, -0.05) is 0 Å². The molecule has 0 radical (unpaired) electrons. The Kier molecular flexibility index (Phi) is 2.14. The van der Waals surface area contributed by atoms with Crippen LogP contribution < -0.4 is 5.56 Å². The molecule has 2 aromatic heterocycles. The van der Waals surface area contributed by atoms with Gasteiger partial charge in [0.05, 0.1) is 0 Å². The Bertz CT molecular complexity index is 618. The van der Waals surface area contributed by atoms with Crippen molar-refractivity contribution < 1.29 is 0 Å². The maximum Gasteiger partial charge on any atom is 0.277 e. The van der Waals surface area contributed by atoms with Gasteiger partial charge in [0.15, 0.2) is 0 Å². The number of aromatic nitrogens is 4. The molecule has 0 unspecified atom stereocenters. The second-order valence-corrected chi connectivity index (χ2v) is 4.51. The molecule has 0 atom stereocenters. The van der Waals surface area contributed by atoms with Crippen molar-refractivity contribution >= 4 is 0 Å². The Labute approximate surface area is 98.5 Å². The van der Waals surface area contributed by atoms with Gasteiger partial charge in [-0.2, -0.15) is 4.68 Å². The molecule has 17 heavy (non-hydrogen) atoms. The van der Waals surface area contributed by atoms with Crippen LogP contribution in [0.1, 0.15) is 29.1 Å². The third kappa shape index (κ3) is 1.58. The SMILES string of the molecule is Cc1cc(C)nc(-n2[nH]c3c(c2=O)CCC3)n1. The molecule has 0 fully saturated rings. The van der Waals surface area contributed by atoms with E-state index in [2.05, 4.69) is 15.1 Å². The van der Waals surface area contributed by atoms with Crippen molar-refractivity contribution in [1.82, 2.24) is 19.7 Å². The minimum Gasteiger partial charge on any atom is -0.292 e. The van der Waals surface area contributed by atoms with Gasteiger partial charge in [0.1, 0.15) is 0 Å². The number of hydrogen-bond donors (Lipinski definition) is 1. The monoisotopic (exact) mass is 230 g/mol. The predicted octanol–water partition coefficient (Wildman–Crippen LogP) is 1.06. The third-order valence-corrected chi connectivity index (χ3v) is 3.10. The van der Waals surface area contributed by atoms with Crippen molar-refractivity contribution in [2.45, 2.75) is 33.1 Å². The fourth-order valence-electron chi connectivity index (χ4n) is 2.37. The summed E-state index contributed by atoms with van der Waals surface area (Å²) in [6.45, 7) is 3.81. The molecule has 2 aromatic rings. The first-order valence-electron chi connectivity index (χ1n) is 5.80. The summed E-state index contributed by atoms with van der Waals surface area (Å²) in [6, 6.07) is 1.89. The molecule has 5 nitrogen and oxygen atoms in total. The van der Waals surface area contributed by atoms with E-state index in [1.807, 2.05) is 19.9 Å². The van der Waals surface area contributed by atoms with Crippen LogP contribution in [0.15, 0.2) is 10.9 Å². The van der Waals surface area contributed by atoms with E-state index in [9.17, 15) is 4.79 Å². The van der Waals surface area contributed by atoms with Crippen molar-refractivity contribution in [3.05, 3.63) is 39.1 Å². The maximum absolute atomic E-state index is 12.1. The highest BCUT2D eigenvalue weighted by Gasteiger charge is 2.20. The topological polar surface area (TPSA) is 63.6 Å². The standard InChI is InChI=1S/C12H14N4O/c1-7-6-8(2)14-12(13-7)16-11(17)9-4-3-5-10(9)15-16/h6,15H,3-5H2,1-2H3. The second kappa shape index (κ2) is 3.55. The van der Waals surface area contributed by atoms with Gasteiger partial charge in [0.25, 0.3) is 11.5 Å². The summed E-state index contributed by atoms with van der Waals surface area (Å²) in [7, 11) is 0. The molecule has 0 bridgehead atoms. The molecule has 1 aliphatic rings. The zero-order valence-electron chi connectivity index (χ0n) is 9.95. The molecule has 3 rings (SSSR count). The highest BCUT2D eigenvalue weighted by Crippen LogP contribution is 2.16. The summed E-state index contributed by atoms with van der Waals surface area (Å²) in [6.07, 6.45) is 2.87. The Morgan fingerprint density at radius 3 is 2.59 bits per heavy atom. The molecule has 0 aliphatic heterocycles. The van der Waals surface area contributed by atoms with Gasteiger partial charge in [0.2, 0.25) is 0 Å². The lowest BCUT2D eigenvalue weighted by Crippen LogP contribution is -2.20. The summed E-state index contributed by atoms with van der Waals surface area (Å²) >= 11 is 0. The molecule has 0 spiro atoms. The fourth-order valence-corrected chi connectivity index (χ4v) is 2.37. The number of hydrogen-bond acceptors (Lipinski definition) is 3. The van der Waals surface area contributed by atoms with Crippen molar-refractivity contribution in [3.63, 3.8) is 0 Å². The zero-order chi connectivity index (χ0) is 12.0. The van der Waals surface area contributed by atoms with Gasteiger partial charge >= 0.3 is 0 Å². The summed E-state index contributed by atoms with van der Waals surface area (Å²) in [5.41, 5.74) is 3.68. The van der Waals surface area contributed by atoms with Crippen molar-refractivity contribution in [1.29, 1.82) is 0 Å². The van der Waals surface area contributed by atoms with E-state index in [1.54, 1.807) is 0 Å². The quantitative estimate of drug-likeness (QED) is 0.796. The Morgan fingerprint density at radius 2 is 1.94 bits per heavy atom. The van der Waals surface area contributed by atoms with Crippen molar-refractivity contribution in [2.75, 3.05) is 0 Å². The summed E-state index contributed by atoms with van der Waals surface area (Å²) in [4.78, 5) is 20.7. The average Bonchev–Trinajstić information content (AvgIpc) is 2.80. The van der Waals surface area contributed by atoms with Crippen molar-refractivity contribution in [2.24, 2.45) is 0 Å². The van der Waals surface area contributed by atoms with Crippen LogP contribution in [0, 0.1) is 13.8 Å². The summed E-state index contributed by atoms with van der Waals surface area (Å²) in [5.74, 6) is 0.446. The largest absolute Gasteiger partial charge is 0.292 e. The molecule has 0 aromatic carbocycles. The highest BCUT2D eigenvalue weighted by atomic mass is 16.1. The van der Waals surface area contributed by atoms with Crippen LogP contribution in [-0.2, 0) is 12.8 Å². The molecule has 2 heterocycles. The van der Waals surface area contributed by atoms with Crippen LogP contribution in [-0.4, -0.2) is 19.7 Å². The van der Waals surface area contributed by atoms with Crippen LogP contribution in [0.4, 0.5) is 0 Å². The van der Waals surface area contributed by atoms with Crippen LogP contribution in [0.25, 0.3) is 5.95 Å². The zero-order valence-corrected chi connectivity index (χ0v) is 9.95. The number of aromatic amines is 1. The van der Waals surface area contributed by atoms with Crippen LogP contribution >= 0.6 is 0 Å². The first-order valence-corrected chi connectivity index (χ1v) is 5.80. The predicted molar refractivity (Wildman–Crippen MR) is 63.5 cm³/mol. The molecule has 1 N–H and O–H groups in total. The maximum atomic E-state index is 12.1. The van der Waals surface area contributed by atoms with E-state index in [1.165, 1.54) is 4.68 Å². The molecule has 0 amide bonds. The van der Waals surface area contributed by atoms with Crippen molar-refractivity contribution in [3.8, 4) is 5.95 Å². The normalized spacial score (nSPS) is 14.0. The highest BCUT2D eigenvalue weighted by molar-refractivity contribution is 5.27. The molecule has 0 saturated heterocycles.